The van der Waals surface area contributed by atoms with Crippen molar-refractivity contribution in [2.45, 2.75) is 0 Å². The van der Waals surface area contributed by atoms with Crippen molar-refractivity contribution in [1.29, 1.82) is 0 Å². The fourth-order valence-corrected chi connectivity index (χ4v) is 4.65. The van der Waals surface area contributed by atoms with Crippen LogP contribution >= 0.6 is 22.9 Å². The number of aromatic nitrogens is 1. The highest BCUT2D eigenvalue weighted by Crippen LogP contribution is 2.33. The van der Waals surface area contributed by atoms with E-state index in [0.717, 1.165) is 53.6 Å². The molecule has 0 aliphatic carbocycles. The van der Waals surface area contributed by atoms with Gasteiger partial charge < -0.3 is 10.2 Å². The van der Waals surface area contributed by atoms with Gasteiger partial charge in [-0.05, 0) is 23.8 Å². The van der Waals surface area contributed by atoms with E-state index in [4.69, 9.17) is 16.6 Å². The van der Waals surface area contributed by atoms with Crippen molar-refractivity contribution in [3.05, 3.63) is 65.2 Å². The topological polar surface area (TPSA) is 48.5 Å². The number of hydrogen-bond donors (Lipinski definition) is 1. The molecule has 29 heavy (non-hydrogen) atoms. The first kappa shape index (κ1) is 19.9. The largest absolute Gasteiger partial charge is 0.351 e. The number of nitrogens with one attached hydrogen (secondary N) is 1. The molecule has 1 N–H and O–H groups in total. The standard InChI is InChI=1S/C22H23ClN4OS/c23-18-7-4-8-19-21(18)25-22(29-19)27-15-13-26(14-16-27)12-11-24-20(28)10-9-17-5-2-1-3-6-17/h1-10H,11-16H2,(H,24,28)/b10-9+. The van der Waals surface area contributed by atoms with Crippen molar-refractivity contribution in [3.63, 3.8) is 0 Å². The molecule has 0 spiro atoms. The lowest BCUT2D eigenvalue weighted by atomic mass is 10.2. The molecule has 2 heterocycles. The summed E-state index contributed by atoms with van der Waals surface area (Å²) in [6.07, 6.45) is 3.42. The number of amides is 1. The van der Waals surface area contributed by atoms with E-state index in [1.165, 1.54) is 0 Å². The number of nitrogens with zero attached hydrogens (tertiary/aromatic N) is 3. The van der Waals surface area contributed by atoms with Gasteiger partial charge in [0.2, 0.25) is 5.91 Å². The third kappa shape index (κ3) is 5.15. The summed E-state index contributed by atoms with van der Waals surface area (Å²) in [5.41, 5.74) is 1.91. The monoisotopic (exact) mass is 426 g/mol. The Balaban J connectivity index is 1.21. The molecule has 2 aromatic carbocycles. The maximum Gasteiger partial charge on any atom is 0.244 e. The van der Waals surface area contributed by atoms with Gasteiger partial charge in [-0.3, -0.25) is 9.69 Å². The Bertz CT molecular complexity index is 996. The summed E-state index contributed by atoms with van der Waals surface area (Å²) in [7, 11) is 0. The first-order chi connectivity index (χ1) is 14.2. The second-order valence-electron chi connectivity index (χ2n) is 6.95. The molecule has 3 aromatic rings. The first-order valence-electron chi connectivity index (χ1n) is 9.72. The number of rotatable bonds is 6. The number of carbonyl (C=O) groups excluding carboxylic acids is 1. The third-order valence-corrected chi connectivity index (χ3v) is 6.34. The maximum absolute atomic E-state index is 12.0. The fraction of sp³-hybridized carbons (Fsp3) is 0.273. The van der Waals surface area contributed by atoms with Crippen molar-refractivity contribution in [2.75, 3.05) is 44.2 Å². The minimum absolute atomic E-state index is 0.0566. The first-order valence-corrected chi connectivity index (χ1v) is 10.9. The average Bonchev–Trinajstić information content (AvgIpc) is 3.19. The quantitative estimate of drug-likeness (QED) is 0.607. The minimum atomic E-state index is -0.0566. The Morgan fingerprint density at radius 3 is 2.66 bits per heavy atom. The van der Waals surface area contributed by atoms with Crippen LogP contribution in [0.4, 0.5) is 5.13 Å². The Hall–Kier alpha value is -2.41. The van der Waals surface area contributed by atoms with Crippen LogP contribution in [0.15, 0.2) is 54.6 Å². The van der Waals surface area contributed by atoms with Gasteiger partial charge in [-0.25, -0.2) is 4.98 Å². The second-order valence-corrected chi connectivity index (χ2v) is 8.36. The molecular formula is C22H23ClN4OS. The molecule has 1 fully saturated rings. The molecule has 0 radical (unpaired) electrons. The lowest BCUT2D eigenvalue weighted by Gasteiger charge is -2.34. The highest BCUT2D eigenvalue weighted by Gasteiger charge is 2.20. The normalized spacial score (nSPS) is 15.3. The SMILES string of the molecule is O=C(/C=C/c1ccccc1)NCCN1CCN(c2nc3c(Cl)cccc3s2)CC1. The van der Waals surface area contributed by atoms with E-state index >= 15 is 0 Å². The van der Waals surface area contributed by atoms with Gasteiger partial charge in [-0.1, -0.05) is 59.3 Å². The van der Waals surface area contributed by atoms with Crippen LogP contribution in [0.25, 0.3) is 16.3 Å². The number of carbonyl (C=O) groups is 1. The Morgan fingerprint density at radius 2 is 1.90 bits per heavy atom. The van der Waals surface area contributed by atoms with Gasteiger partial charge >= 0.3 is 0 Å². The summed E-state index contributed by atoms with van der Waals surface area (Å²) >= 11 is 7.94. The van der Waals surface area contributed by atoms with E-state index in [9.17, 15) is 4.79 Å². The van der Waals surface area contributed by atoms with Gasteiger partial charge in [0.25, 0.3) is 0 Å². The van der Waals surface area contributed by atoms with E-state index < -0.39 is 0 Å². The van der Waals surface area contributed by atoms with E-state index in [2.05, 4.69) is 21.2 Å². The molecule has 0 atom stereocenters. The smallest absolute Gasteiger partial charge is 0.244 e. The number of anilines is 1. The zero-order valence-electron chi connectivity index (χ0n) is 16.1. The highest BCUT2D eigenvalue weighted by molar-refractivity contribution is 7.22. The molecular weight excluding hydrogens is 404 g/mol. The van der Waals surface area contributed by atoms with Crippen molar-refractivity contribution < 1.29 is 4.79 Å². The zero-order valence-corrected chi connectivity index (χ0v) is 17.6. The number of para-hydroxylation sites is 1. The molecule has 0 unspecified atom stereocenters. The summed E-state index contributed by atoms with van der Waals surface area (Å²) in [5.74, 6) is -0.0566. The lowest BCUT2D eigenvalue weighted by Crippen LogP contribution is -2.48. The minimum Gasteiger partial charge on any atom is -0.351 e. The Labute approximate surface area is 179 Å². The van der Waals surface area contributed by atoms with Crippen LogP contribution in [0.1, 0.15) is 5.56 Å². The molecule has 0 saturated carbocycles. The van der Waals surface area contributed by atoms with Gasteiger partial charge in [0.1, 0.15) is 5.52 Å². The average molecular weight is 427 g/mol. The van der Waals surface area contributed by atoms with E-state index in [1.54, 1.807) is 17.4 Å². The summed E-state index contributed by atoms with van der Waals surface area (Å²) in [4.78, 5) is 21.4. The van der Waals surface area contributed by atoms with Crippen LogP contribution in [0.5, 0.6) is 0 Å². The summed E-state index contributed by atoms with van der Waals surface area (Å²) in [6.45, 7) is 5.27. The maximum atomic E-state index is 12.0. The zero-order chi connectivity index (χ0) is 20.1. The molecule has 4 rings (SSSR count). The molecule has 1 saturated heterocycles. The molecule has 1 aliphatic heterocycles. The van der Waals surface area contributed by atoms with Crippen molar-refractivity contribution in [2.24, 2.45) is 0 Å². The Kier molecular flexibility index (Phi) is 6.44. The molecule has 7 heteroatoms. The van der Waals surface area contributed by atoms with E-state index in [0.29, 0.717) is 11.6 Å². The summed E-state index contributed by atoms with van der Waals surface area (Å²) < 4.78 is 1.13. The predicted octanol–water partition coefficient (Wildman–Crippen LogP) is 3.90. The molecule has 5 nitrogen and oxygen atoms in total. The molecule has 1 amide bonds. The van der Waals surface area contributed by atoms with Crippen LogP contribution in [0.3, 0.4) is 0 Å². The number of hydrogen-bond acceptors (Lipinski definition) is 5. The van der Waals surface area contributed by atoms with Gasteiger partial charge in [0.05, 0.1) is 9.72 Å². The van der Waals surface area contributed by atoms with Crippen LogP contribution in [-0.4, -0.2) is 55.1 Å². The molecule has 1 aliphatic rings. The van der Waals surface area contributed by atoms with Crippen LogP contribution in [0.2, 0.25) is 5.02 Å². The number of halogens is 1. The summed E-state index contributed by atoms with van der Waals surface area (Å²) in [6, 6.07) is 15.7. The number of benzene rings is 2. The summed E-state index contributed by atoms with van der Waals surface area (Å²) in [5, 5.41) is 4.70. The van der Waals surface area contributed by atoms with Crippen molar-refractivity contribution in [1.82, 2.24) is 15.2 Å². The number of fused-ring (bicyclic) bond motifs is 1. The van der Waals surface area contributed by atoms with Crippen molar-refractivity contribution >= 4 is 50.3 Å². The van der Waals surface area contributed by atoms with E-state index in [1.807, 2.05) is 48.5 Å². The molecule has 0 bridgehead atoms. The molecule has 150 valence electrons. The third-order valence-electron chi connectivity index (χ3n) is 4.96. The van der Waals surface area contributed by atoms with Crippen molar-refractivity contribution in [3.8, 4) is 0 Å². The van der Waals surface area contributed by atoms with Gasteiger partial charge in [-0.2, -0.15) is 0 Å². The fourth-order valence-electron chi connectivity index (χ4n) is 3.33. The number of piperazine rings is 1. The van der Waals surface area contributed by atoms with Crippen LogP contribution in [-0.2, 0) is 4.79 Å². The highest BCUT2D eigenvalue weighted by atomic mass is 35.5. The van der Waals surface area contributed by atoms with E-state index in [-0.39, 0.29) is 5.91 Å². The van der Waals surface area contributed by atoms with Gasteiger partial charge in [0.15, 0.2) is 5.13 Å². The van der Waals surface area contributed by atoms with Crippen LogP contribution in [0, 0.1) is 0 Å². The predicted molar refractivity (Wildman–Crippen MR) is 122 cm³/mol. The Morgan fingerprint density at radius 1 is 1.10 bits per heavy atom. The van der Waals surface area contributed by atoms with Gasteiger partial charge in [-0.15, -0.1) is 0 Å². The molecule has 1 aromatic heterocycles. The second kappa shape index (κ2) is 9.39. The van der Waals surface area contributed by atoms with Crippen LogP contribution < -0.4 is 10.2 Å². The lowest BCUT2D eigenvalue weighted by molar-refractivity contribution is -0.116. The van der Waals surface area contributed by atoms with Gasteiger partial charge in [0, 0.05) is 45.3 Å². The number of thiazole rings is 1.